The Morgan fingerprint density at radius 1 is 1.11 bits per heavy atom. The summed E-state index contributed by atoms with van der Waals surface area (Å²) in [7, 11) is 0. The zero-order chi connectivity index (χ0) is 19.2. The first-order valence-corrected chi connectivity index (χ1v) is 9.89. The highest BCUT2D eigenvalue weighted by Gasteiger charge is 2.48. The molecule has 2 fully saturated rings. The van der Waals surface area contributed by atoms with E-state index >= 15 is 0 Å². The maximum Gasteiger partial charge on any atom is 0.321 e. The Morgan fingerprint density at radius 3 is 2.56 bits per heavy atom. The lowest BCUT2D eigenvalue weighted by atomic mass is 9.75. The van der Waals surface area contributed by atoms with Crippen molar-refractivity contribution in [2.75, 3.05) is 0 Å². The summed E-state index contributed by atoms with van der Waals surface area (Å²) in [6, 6.07) is 5.83. The third-order valence-electron chi connectivity index (χ3n) is 6.52. The van der Waals surface area contributed by atoms with Gasteiger partial charge in [-0.15, -0.1) is 0 Å². The lowest BCUT2D eigenvalue weighted by Crippen LogP contribution is -2.48. The Labute approximate surface area is 159 Å². The number of aryl methyl sites for hydroxylation is 1. The Balaban J connectivity index is 1.57. The summed E-state index contributed by atoms with van der Waals surface area (Å²) in [5.74, 6) is 0.267. The van der Waals surface area contributed by atoms with E-state index in [1.807, 2.05) is 32.0 Å². The molecule has 144 valence electrons. The van der Waals surface area contributed by atoms with Crippen molar-refractivity contribution in [3.05, 3.63) is 29.3 Å². The van der Waals surface area contributed by atoms with Gasteiger partial charge in [-0.2, -0.15) is 0 Å². The molecule has 0 N–H and O–H groups in total. The van der Waals surface area contributed by atoms with Gasteiger partial charge in [0.25, 0.3) is 0 Å². The average Bonchev–Trinajstić information content (AvgIpc) is 3.21. The number of Topliss-reactive ketones (excluding diaryl/α,β-unsaturated/α-hetero) is 1. The van der Waals surface area contributed by atoms with Crippen molar-refractivity contribution < 1.29 is 23.9 Å². The zero-order valence-corrected chi connectivity index (χ0v) is 16.0. The van der Waals surface area contributed by atoms with Crippen LogP contribution < -0.4 is 4.74 Å². The number of ketones is 1. The van der Waals surface area contributed by atoms with Crippen LogP contribution in [0.2, 0.25) is 0 Å². The topological polar surface area (TPSA) is 69.7 Å². The number of carbonyl (C=O) groups excluding carboxylic acids is 3. The number of carbonyl (C=O) groups is 3. The number of hydrogen-bond donors (Lipinski definition) is 0. The van der Waals surface area contributed by atoms with Crippen molar-refractivity contribution in [1.82, 2.24) is 0 Å². The SMILES string of the molecule is CC1(C)C(=O)Oc2ccc(CCC3(C4CCCC4)CC(=O)CC(=O)O3)cc21. The van der Waals surface area contributed by atoms with Crippen molar-refractivity contribution in [3.63, 3.8) is 0 Å². The van der Waals surface area contributed by atoms with Crippen LogP contribution in [0.3, 0.4) is 0 Å². The molecule has 1 unspecified atom stereocenters. The number of rotatable bonds is 4. The zero-order valence-electron chi connectivity index (χ0n) is 16.0. The van der Waals surface area contributed by atoms with E-state index in [-0.39, 0.29) is 30.1 Å². The van der Waals surface area contributed by atoms with E-state index < -0.39 is 11.0 Å². The van der Waals surface area contributed by atoms with Gasteiger partial charge >= 0.3 is 11.9 Å². The molecule has 5 heteroatoms. The second-order valence-corrected chi connectivity index (χ2v) is 8.76. The van der Waals surface area contributed by atoms with Crippen molar-refractivity contribution in [3.8, 4) is 5.75 Å². The molecule has 0 aromatic heterocycles. The van der Waals surface area contributed by atoms with Crippen LogP contribution in [0.1, 0.15) is 69.9 Å². The molecule has 0 spiro atoms. The summed E-state index contributed by atoms with van der Waals surface area (Å²) < 4.78 is 11.2. The Morgan fingerprint density at radius 2 is 1.85 bits per heavy atom. The van der Waals surface area contributed by atoms with Crippen LogP contribution in [0, 0.1) is 5.92 Å². The fourth-order valence-corrected chi connectivity index (χ4v) is 4.88. The fraction of sp³-hybridized carbons (Fsp3) is 0.591. The molecular weight excluding hydrogens is 344 g/mol. The van der Waals surface area contributed by atoms with Gasteiger partial charge in [0.05, 0.1) is 5.41 Å². The van der Waals surface area contributed by atoms with Crippen LogP contribution in [-0.4, -0.2) is 23.3 Å². The van der Waals surface area contributed by atoms with Crippen molar-refractivity contribution in [2.45, 2.75) is 76.2 Å². The van der Waals surface area contributed by atoms with Crippen molar-refractivity contribution in [1.29, 1.82) is 0 Å². The summed E-state index contributed by atoms with van der Waals surface area (Å²) >= 11 is 0. The van der Waals surface area contributed by atoms with Crippen LogP contribution in [-0.2, 0) is 31.0 Å². The molecule has 4 rings (SSSR count). The predicted octanol–water partition coefficient (Wildman–Crippen LogP) is 3.65. The molecule has 2 heterocycles. The average molecular weight is 370 g/mol. The van der Waals surface area contributed by atoms with Gasteiger partial charge in [0.15, 0.2) is 0 Å². The Hall–Kier alpha value is -2.17. The molecule has 2 aliphatic heterocycles. The number of cyclic esters (lactones) is 1. The Kier molecular flexibility index (Phi) is 4.36. The standard InChI is InChI=1S/C22H26O5/c1-21(2)17-11-14(7-8-18(17)26-20(21)25)9-10-22(15-5-3-4-6-15)13-16(23)12-19(24)27-22/h7-8,11,15H,3-6,9-10,12-13H2,1-2H3. The van der Waals surface area contributed by atoms with E-state index in [9.17, 15) is 14.4 Å². The molecule has 1 aliphatic carbocycles. The molecule has 1 saturated heterocycles. The normalized spacial score (nSPS) is 27.4. The summed E-state index contributed by atoms with van der Waals surface area (Å²) in [4.78, 5) is 36.3. The number of benzene rings is 1. The minimum atomic E-state index is -0.663. The highest BCUT2D eigenvalue weighted by molar-refractivity contribution is 5.98. The largest absolute Gasteiger partial charge is 0.458 e. The van der Waals surface area contributed by atoms with E-state index in [2.05, 4.69) is 0 Å². The summed E-state index contributed by atoms with van der Waals surface area (Å²) in [6.07, 6.45) is 5.87. The van der Waals surface area contributed by atoms with E-state index in [0.29, 0.717) is 25.0 Å². The van der Waals surface area contributed by atoms with E-state index in [0.717, 1.165) is 36.8 Å². The maximum atomic E-state index is 12.2. The number of esters is 2. The molecule has 5 nitrogen and oxygen atoms in total. The smallest absolute Gasteiger partial charge is 0.321 e. The summed E-state index contributed by atoms with van der Waals surface area (Å²) in [5, 5.41) is 0. The molecule has 0 radical (unpaired) electrons. The fourth-order valence-electron chi connectivity index (χ4n) is 4.88. The van der Waals surface area contributed by atoms with Crippen LogP contribution in [0.5, 0.6) is 5.75 Å². The summed E-state index contributed by atoms with van der Waals surface area (Å²) in [5.41, 5.74) is 0.661. The molecule has 1 atom stereocenters. The first kappa shape index (κ1) is 18.2. The van der Waals surface area contributed by atoms with Gasteiger partial charge in [0, 0.05) is 12.0 Å². The number of hydrogen-bond acceptors (Lipinski definition) is 5. The van der Waals surface area contributed by atoms with Gasteiger partial charge in [-0.3, -0.25) is 14.4 Å². The second-order valence-electron chi connectivity index (χ2n) is 8.76. The lowest BCUT2D eigenvalue weighted by Gasteiger charge is -2.41. The third-order valence-corrected chi connectivity index (χ3v) is 6.52. The molecular formula is C22H26O5. The summed E-state index contributed by atoms with van der Waals surface area (Å²) in [6.45, 7) is 3.74. The predicted molar refractivity (Wildman–Crippen MR) is 98.4 cm³/mol. The number of ether oxygens (including phenoxy) is 2. The molecule has 1 aromatic rings. The first-order valence-electron chi connectivity index (χ1n) is 9.89. The highest BCUT2D eigenvalue weighted by atomic mass is 16.6. The van der Waals surface area contributed by atoms with Crippen LogP contribution in [0.15, 0.2) is 18.2 Å². The van der Waals surface area contributed by atoms with Crippen molar-refractivity contribution in [2.24, 2.45) is 5.92 Å². The van der Waals surface area contributed by atoms with Crippen LogP contribution >= 0.6 is 0 Å². The molecule has 0 amide bonds. The number of fused-ring (bicyclic) bond motifs is 1. The molecule has 1 saturated carbocycles. The van der Waals surface area contributed by atoms with Gasteiger partial charge < -0.3 is 9.47 Å². The highest BCUT2D eigenvalue weighted by Crippen LogP contribution is 2.45. The monoisotopic (exact) mass is 370 g/mol. The van der Waals surface area contributed by atoms with Gasteiger partial charge in [-0.05, 0) is 57.1 Å². The van der Waals surface area contributed by atoms with Gasteiger partial charge in [-0.25, -0.2) is 0 Å². The van der Waals surface area contributed by atoms with E-state index in [4.69, 9.17) is 9.47 Å². The lowest BCUT2D eigenvalue weighted by molar-refractivity contribution is -0.178. The van der Waals surface area contributed by atoms with Crippen LogP contribution in [0.25, 0.3) is 0 Å². The van der Waals surface area contributed by atoms with Crippen molar-refractivity contribution >= 4 is 17.7 Å². The quantitative estimate of drug-likeness (QED) is 0.460. The second kappa shape index (κ2) is 6.47. The molecule has 1 aromatic carbocycles. The molecule has 27 heavy (non-hydrogen) atoms. The maximum absolute atomic E-state index is 12.2. The van der Waals surface area contributed by atoms with Gasteiger partial charge in [-0.1, -0.05) is 25.0 Å². The minimum absolute atomic E-state index is 0.00719. The first-order chi connectivity index (χ1) is 12.8. The Bertz CT molecular complexity index is 785. The molecule has 3 aliphatic rings. The molecule has 0 bridgehead atoms. The van der Waals surface area contributed by atoms with Gasteiger partial charge in [0.2, 0.25) is 0 Å². The third kappa shape index (κ3) is 3.17. The van der Waals surface area contributed by atoms with E-state index in [1.54, 1.807) is 0 Å². The van der Waals surface area contributed by atoms with E-state index in [1.165, 1.54) is 0 Å². The van der Waals surface area contributed by atoms with Crippen LogP contribution in [0.4, 0.5) is 0 Å². The minimum Gasteiger partial charge on any atom is -0.458 e. The van der Waals surface area contributed by atoms with Gasteiger partial charge in [0.1, 0.15) is 23.6 Å².